The molecule has 0 unspecified atom stereocenters. The molecule has 0 bridgehead atoms. The standard InChI is InChI=1S/C19H30N4O2/c1-5-20-18(22-14-19(2,3)25-4)21-13-15-8-10-16(11-9-15)23-12-6-7-17(23)24/h8-11H,5-7,12-14H2,1-4H3,(H2,20,21,22). The van der Waals surface area contributed by atoms with Crippen LogP contribution in [0.1, 0.15) is 39.2 Å². The second-order valence-electron chi connectivity index (χ2n) is 6.83. The van der Waals surface area contributed by atoms with E-state index in [-0.39, 0.29) is 11.5 Å². The van der Waals surface area contributed by atoms with E-state index in [0.717, 1.165) is 36.7 Å². The highest BCUT2D eigenvalue weighted by Gasteiger charge is 2.21. The summed E-state index contributed by atoms with van der Waals surface area (Å²) < 4.78 is 5.42. The molecule has 6 nitrogen and oxygen atoms in total. The molecule has 0 aromatic heterocycles. The van der Waals surface area contributed by atoms with Gasteiger partial charge in [-0.15, -0.1) is 0 Å². The molecular weight excluding hydrogens is 316 g/mol. The first-order valence-corrected chi connectivity index (χ1v) is 8.92. The van der Waals surface area contributed by atoms with Crippen LogP contribution in [-0.4, -0.2) is 44.2 Å². The average Bonchev–Trinajstić information content (AvgIpc) is 3.04. The predicted molar refractivity (Wildman–Crippen MR) is 102 cm³/mol. The number of nitrogens with one attached hydrogen (secondary N) is 2. The Morgan fingerprint density at radius 2 is 2.00 bits per heavy atom. The van der Waals surface area contributed by atoms with Crippen molar-refractivity contribution in [3.05, 3.63) is 29.8 Å². The van der Waals surface area contributed by atoms with Gasteiger partial charge in [-0.25, -0.2) is 4.99 Å². The van der Waals surface area contributed by atoms with Gasteiger partial charge in [0.1, 0.15) is 0 Å². The second kappa shape index (κ2) is 8.85. The maximum absolute atomic E-state index is 11.8. The molecule has 1 heterocycles. The number of hydrogen-bond donors (Lipinski definition) is 2. The number of carbonyl (C=O) groups excluding carboxylic acids is 1. The van der Waals surface area contributed by atoms with Crippen LogP contribution in [0.15, 0.2) is 29.3 Å². The molecule has 25 heavy (non-hydrogen) atoms. The largest absolute Gasteiger partial charge is 0.377 e. The highest BCUT2D eigenvalue weighted by Crippen LogP contribution is 2.21. The van der Waals surface area contributed by atoms with Gasteiger partial charge < -0.3 is 20.3 Å². The van der Waals surface area contributed by atoms with Crippen molar-refractivity contribution in [2.24, 2.45) is 4.99 Å². The number of amides is 1. The first-order chi connectivity index (χ1) is 11.9. The summed E-state index contributed by atoms with van der Waals surface area (Å²) in [5.41, 5.74) is 1.83. The molecule has 0 atom stereocenters. The minimum atomic E-state index is -0.250. The Balaban J connectivity index is 1.96. The van der Waals surface area contributed by atoms with Gasteiger partial charge in [0, 0.05) is 38.9 Å². The molecule has 0 radical (unpaired) electrons. The van der Waals surface area contributed by atoms with Gasteiger partial charge in [-0.2, -0.15) is 0 Å². The quantitative estimate of drug-likeness (QED) is 0.587. The molecular formula is C19H30N4O2. The van der Waals surface area contributed by atoms with Crippen LogP contribution >= 0.6 is 0 Å². The fourth-order valence-corrected chi connectivity index (χ4v) is 2.58. The van der Waals surface area contributed by atoms with Crippen molar-refractivity contribution in [2.45, 2.75) is 45.8 Å². The molecule has 1 amide bonds. The van der Waals surface area contributed by atoms with E-state index < -0.39 is 0 Å². The maximum atomic E-state index is 11.8. The summed E-state index contributed by atoms with van der Waals surface area (Å²) in [5.74, 6) is 0.983. The van der Waals surface area contributed by atoms with Crippen molar-refractivity contribution in [2.75, 3.05) is 31.6 Å². The topological polar surface area (TPSA) is 66.0 Å². The molecule has 0 aliphatic carbocycles. The first-order valence-electron chi connectivity index (χ1n) is 8.92. The van der Waals surface area contributed by atoms with Crippen LogP contribution < -0.4 is 15.5 Å². The summed E-state index contributed by atoms with van der Waals surface area (Å²) in [6.07, 6.45) is 1.60. The molecule has 1 fully saturated rings. The van der Waals surface area contributed by atoms with Crippen LogP contribution in [0.3, 0.4) is 0 Å². The van der Waals surface area contributed by atoms with Crippen molar-refractivity contribution in [3.63, 3.8) is 0 Å². The van der Waals surface area contributed by atoms with E-state index in [1.807, 2.05) is 49.9 Å². The number of hydrogen-bond acceptors (Lipinski definition) is 3. The number of aliphatic imine (C=N–C) groups is 1. The Bertz CT molecular complexity index is 596. The first kappa shape index (κ1) is 19.2. The van der Waals surface area contributed by atoms with Gasteiger partial charge in [-0.05, 0) is 44.9 Å². The summed E-state index contributed by atoms with van der Waals surface area (Å²) in [4.78, 5) is 18.3. The van der Waals surface area contributed by atoms with Gasteiger partial charge in [-0.3, -0.25) is 4.79 Å². The van der Waals surface area contributed by atoms with Gasteiger partial charge in [0.25, 0.3) is 0 Å². The third-order valence-corrected chi connectivity index (χ3v) is 4.32. The SMILES string of the molecule is CCNC(=NCc1ccc(N2CCCC2=O)cc1)NCC(C)(C)OC. The number of benzene rings is 1. The van der Waals surface area contributed by atoms with Crippen molar-refractivity contribution < 1.29 is 9.53 Å². The van der Waals surface area contributed by atoms with E-state index in [0.29, 0.717) is 19.5 Å². The van der Waals surface area contributed by atoms with E-state index >= 15 is 0 Å². The summed E-state index contributed by atoms with van der Waals surface area (Å²) in [6, 6.07) is 8.07. The Kier molecular flexibility index (Phi) is 6.82. The van der Waals surface area contributed by atoms with Gasteiger partial charge >= 0.3 is 0 Å². The molecule has 138 valence electrons. The number of anilines is 1. The minimum absolute atomic E-state index is 0.213. The lowest BCUT2D eigenvalue weighted by molar-refractivity contribution is -0.117. The molecule has 1 aliphatic heterocycles. The molecule has 2 N–H and O–H groups in total. The third kappa shape index (κ3) is 5.74. The van der Waals surface area contributed by atoms with E-state index in [9.17, 15) is 4.79 Å². The summed E-state index contributed by atoms with van der Waals surface area (Å²) in [5, 5.41) is 6.55. The predicted octanol–water partition coefficient (Wildman–Crippen LogP) is 2.29. The van der Waals surface area contributed by atoms with Crippen LogP contribution in [0.4, 0.5) is 5.69 Å². The normalized spacial score (nSPS) is 15.6. The fourth-order valence-electron chi connectivity index (χ4n) is 2.58. The smallest absolute Gasteiger partial charge is 0.227 e. The zero-order chi connectivity index (χ0) is 18.3. The molecule has 0 spiro atoms. The number of methoxy groups -OCH3 is 1. The van der Waals surface area contributed by atoms with E-state index in [2.05, 4.69) is 15.6 Å². The van der Waals surface area contributed by atoms with Crippen LogP contribution in [0.5, 0.6) is 0 Å². The monoisotopic (exact) mass is 346 g/mol. The highest BCUT2D eigenvalue weighted by atomic mass is 16.5. The number of guanidine groups is 1. The number of carbonyl (C=O) groups is 1. The van der Waals surface area contributed by atoms with E-state index in [4.69, 9.17) is 4.74 Å². The Morgan fingerprint density at radius 3 is 2.56 bits per heavy atom. The minimum Gasteiger partial charge on any atom is -0.377 e. The summed E-state index contributed by atoms with van der Waals surface area (Å²) in [7, 11) is 1.71. The molecule has 2 rings (SSSR count). The van der Waals surface area contributed by atoms with Crippen molar-refractivity contribution in [3.8, 4) is 0 Å². The molecule has 0 saturated carbocycles. The molecule has 1 saturated heterocycles. The van der Waals surface area contributed by atoms with Crippen molar-refractivity contribution in [1.82, 2.24) is 10.6 Å². The molecule has 1 aromatic rings. The van der Waals surface area contributed by atoms with Crippen LogP contribution in [0.25, 0.3) is 0 Å². The van der Waals surface area contributed by atoms with Gasteiger partial charge in [0.2, 0.25) is 5.91 Å². The Labute approximate surface area is 150 Å². The summed E-state index contributed by atoms with van der Waals surface area (Å²) in [6.45, 7) is 8.97. The maximum Gasteiger partial charge on any atom is 0.227 e. The number of ether oxygens (including phenoxy) is 1. The molecule has 1 aliphatic rings. The van der Waals surface area contributed by atoms with Crippen molar-refractivity contribution in [1.29, 1.82) is 0 Å². The summed E-state index contributed by atoms with van der Waals surface area (Å²) >= 11 is 0. The lowest BCUT2D eigenvalue weighted by Gasteiger charge is -2.24. The van der Waals surface area contributed by atoms with Crippen molar-refractivity contribution >= 4 is 17.6 Å². The average molecular weight is 346 g/mol. The molecule has 1 aromatic carbocycles. The van der Waals surface area contributed by atoms with E-state index in [1.54, 1.807) is 7.11 Å². The fraction of sp³-hybridized carbons (Fsp3) is 0.579. The zero-order valence-electron chi connectivity index (χ0n) is 15.8. The van der Waals surface area contributed by atoms with Crippen LogP contribution in [0.2, 0.25) is 0 Å². The van der Waals surface area contributed by atoms with E-state index in [1.165, 1.54) is 0 Å². The van der Waals surface area contributed by atoms with Gasteiger partial charge in [0.15, 0.2) is 5.96 Å². The second-order valence-corrected chi connectivity index (χ2v) is 6.83. The van der Waals surface area contributed by atoms with Crippen LogP contribution in [0, 0.1) is 0 Å². The van der Waals surface area contributed by atoms with Gasteiger partial charge in [-0.1, -0.05) is 12.1 Å². The van der Waals surface area contributed by atoms with Crippen LogP contribution in [-0.2, 0) is 16.1 Å². The third-order valence-electron chi connectivity index (χ3n) is 4.32. The lowest BCUT2D eigenvalue weighted by atomic mass is 10.1. The number of rotatable bonds is 7. The molecule has 6 heteroatoms. The Morgan fingerprint density at radius 1 is 1.28 bits per heavy atom. The number of nitrogens with zero attached hydrogens (tertiary/aromatic N) is 2. The van der Waals surface area contributed by atoms with Gasteiger partial charge in [0.05, 0.1) is 12.1 Å². The Hall–Kier alpha value is -2.08. The lowest BCUT2D eigenvalue weighted by Crippen LogP contribution is -2.45. The zero-order valence-corrected chi connectivity index (χ0v) is 15.8. The highest BCUT2D eigenvalue weighted by molar-refractivity contribution is 5.95.